The predicted molar refractivity (Wildman–Crippen MR) is 151 cm³/mol. The highest BCUT2D eigenvalue weighted by Gasteiger charge is 2.15. The van der Waals surface area contributed by atoms with Gasteiger partial charge in [0, 0.05) is 16.8 Å². The largest absolute Gasteiger partial charge is 0.392 e. The van der Waals surface area contributed by atoms with Gasteiger partial charge in [-0.1, -0.05) is 84.9 Å². The molecule has 0 fully saturated rings. The van der Waals surface area contributed by atoms with Gasteiger partial charge in [-0.05, 0) is 58.5 Å². The molecule has 0 radical (unpaired) electrons. The van der Waals surface area contributed by atoms with Gasteiger partial charge in [0.15, 0.2) is 5.69 Å². The molecule has 0 aromatic heterocycles. The van der Waals surface area contributed by atoms with Crippen LogP contribution in [0.25, 0.3) is 27.8 Å². The van der Waals surface area contributed by atoms with Gasteiger partial charge in [0.25, 0.3) is 0 Å². The van der Waals surface area contributed by atoms with Crippen LogP contribution in [0.2, 0.25) is 0 Å². The summed E-state index contributed by atoms with van der Waals surface area (Å²) in [6, 6.07) is 38.0. The third-order valence-corrected chi connectivity index (χ3v) is 6.27. The molecular weight excluding hydrogens is 454 g/mol. The first-order valence-electron chi connectivity index (χ1n) is 11.9. The molecule has 0 amide bonds. The Kier molecular flexibility index (Phi) is 6.77. The van der Waals surface area contributed by atoms with Gasteiger partial charge in [-0.3, -0.25) is 0 Å². The van der Waals surface area contributed by atoms with Gasteiger partial charge in [0.05, 0.1) is 30.5 Å². The highest BCUT2D eigenvalue weighted by molar-refractivity contribution is 5.98. The maximum atomic E-state index is 9.52. The van der Waals surface area contributed by atoms with Gasteiger partial charge in [0.1, 0.15) is 0 Å². The molecule has 0 saturated carbocycles. The molecule has 0 bridgehead atoms. The Hall–Kier alpha value is -5.16. The topological polar surface area (TPSA) is 51.6 Å². The lowest BCUT2D eigenvalue weighted by molar-refractivity contribution is 0.282. The van der Waals surface area contributed by atoms with Crippen LogP contribution in [-0.2, 0) is 6.61 Å². The van der Waals surface area contributed by atoms with E-state index >= 15 is 0 Å². The number of fused-ring (bicyclic) bond motifs is 1. The van der Waals surface area contributed by atoms with Crippen LogP contribution in [0, 0.1) is 17.9 Å². The molecule has 0 atom stereocenters. The summed E-state index contributed by atoms with van der Waals surface area (Å²) in [5.41, 5.74) is 6.66. The minimum Gasteiger partial charge on any atom is -0.392 e. The molecule has 5 rings (SSSR count). The number of nitrogens with zero attached hydrogens (tertiary/aromatic N) is 3. The van der Waals surface area contributed by atoms with Crippen LogP contribution >= 0.6 is 0 Å². The molecule has 1 N–H and O–H groups in total. The summed E-state index contributed by atoms with van der Waals surface area (Å²) in [4.78, 5) is 5.78. The minimum absolute atomic E-state index is 0.00205. The molecule has 0 unspecified atom stereocenters. The van der Waals surface area contributed by atoms with E-state index in [0.717, 1.165) is 44.5 Å². The monoisotopic (exact) mass is 477 g/mol. The zero-order valence-electron chi connectivity index (χ0n) is 20.0. The molecule has 0 aliphatic rings. The van der Waals surface area contributed by atoms with Crippen molar-refractivity contribution in [3.63, 3.8) is 0 Å². The number of hydrogen-bond donors (Lipinski definition) is 1. The van der Waals surface area contributed by atoms with E-state index in [4.69, 9.17) is 6.57 Å². The molecule has 5 aromatic carbocycles. The average molecular weight is 478 g/mol. The minimum atomic E-state index is 0.00205. The first-order chi connectivity index (χ1) is 18.2. The van der Waals surface area contributed by atoms with Gasteiger partial charge in [-0.25, -0.2) is 4.85 Å². The molecule has 176 valence electrons. The van der Waals surface area contributed by atoms with E-state index in [0.29, 0.717) is 11.3 Å². The Bertz CT molecular complexity index is 1670. The summed E-state index contributed by atoms with van der Waals surface area (Å²) in [6.45, 7) is 7.41. The number of aliphatic hydroxyl groups is 1. The summed E-state index contributed by atoms with van der Waals surface area (Å²) >= 11 is 0. The molecule has 4 heteroatoms. The lowest BCUT2D eigenvalue weighted by Gasteiger charge is -2.27. The normalized spacial score (nSPS) is 10.8. The van der Waals surface area contributed by atoms with Crippen molar-refractivity contribution in [2.45, 2.75) is 6.61 Å². The first kappa shape index (κ1) is 23.6. The standard InChI is InChI=1S/C33H23N3O/c1-35-32-20-14-26(22-34)21-28(32)15-9-24-10-16-29(17-11-24)36(30-18-12-25(23-37)13-19-30)33-8-4-6-27-5-2-3-7-31(27)33/h2-21,37H,23H2. The van der Waals surface area contributed by atoms with Crippen LogP contribution in [0.5, 0.6) is 0 Å². The average Bonchev–Trinajstić information content (AvgIpc) is 2.97. The van der Waals surface area contributed by atoms with Crippen molar-refractivity contribution in [3.05, 3.63) is 143 Å². The summed E-state index contributed by atoms with van der Waals surface area (Å²) in [5, 5.41) is 21.0. The molecule has 5 aromatic rings. The Balaban J connectivity index is 1.54. The van der Waals surface area contributed by atoms with Crippen LogP contribution in [0.15, 0.2) is 109 Å². The van der Waals surface area contributed by atoms with Crippen molar-refractivity contribution in [2.24, 2.45) is 0 Å². The number of rotatable bonds is 6. The van der Waals surface area contributed by atoms with Gasteiger partial charge < -0.3 is 10.0 Å². The van der Waals surface area contributed by atoms with Crippen molar-refractivity contribution in [3.8, 4) is 6.07 Å². The van der Waals surface area contributed by atoms with Crippen molar-refractivity contribution < 1.29 is 5.11 Å². The molecule has 0 aliphatic heterocycles. The third-order valence-electron chi connectivity index (χ3n) is 6.27. The first-order valence-corrected chi connectivity index (χ1v) is 11.9. The smallest absolute Gasteiger partial charge is 0.194 e. The van der Waals surface area contributed by atoms with Crippen molar-refractivity contribution in [2.75, 3.05) is 4.90 Å². The summed E-state index contributed by atoms with van der Waals surface area (Å²) in [6.07, 6.45) is 3.83. The molecular formula is C33H23N3O. The zero-order chi connectivity index (χ0) is 25.6. The van der Waals surface area contributed by atoms with Crippen molar-refractivity contribution in [1.82, 2.24) is 0 Å². The second-order valence-corrected chi connectivity index (χ2v) is 8.58. The summed E-state index contributed by atoms with van der Waals surface area (Å²) < 4.78 is 0. The van der Waals surface area contributed by atoms with E-state index in [9.17, 15) is 10.4 Å². The van der Waals surface area contributed by atoms with Gasteiger partial charge in [-0.2, -0.15) is 5.26 Å². The predicted octanol–water partition coefficient (Wildman–Crippen LogP) is 8.39. The second-order valence-electron chi connectivity index (χ2n) is 8.58. The van der Waals surface area contributed by atoms with E-state index in [2.05, 4.69) is 58.3 Å². The third kappa shape index (κ3) is 4.97. The van der Waals surface area contributed by atoms with Gasteiger partial charge in [0.2, 0.25) is 0 Å². The highest BCUT2D eigenvalue weighted by Crippen LogP contribution is 2.39. The van der Waals surface area contributed by atoms with E-state index in [1.54, 1.807) is 18.2 Å². The Morgan fingerprint density at radius 1 is 0.811 bits per heavy atom. The molecule has 0 spiro atoms. The van der Waals surface area contributed by atoms with Crippen LogP contribution < -0.4 is 4.90 Å². The van der Waals surface area contributed by atoms with Crippen LogP contribution in [0.1, 0.15) is 22.3 Å². The molecule has 0 saturated heterocycles. The number of hydrogen-bond acceptors (Lipinski definition) is 3. The summed E-state index contributed by atoms with van der Waals surface area (Å²) in [5.74, 6) is 0. The van der Waals surface area contributed by atoms with E-state index in [-0.39, 0.29) is 6.61 Å². The van der Waals surface area contributed by atoms with Crippen LogP contribution in [-0.4, -0.2) is 5.11 Å². The zero-order valence-corrected chi connectivity index (χ0v) is 20.0. The van der Waals surface area contributed by atoms with Gasteiger partial charge >= 0.3 is 0 Å². The number of anilines is 3. The van der Waals surface area contributed by atoms with Crippen LogP contribution in [0.3, 0.4) is 0 Å². The lowest BCUT2D eigenvalue weighted by Crippen LogP contribution is -2.10. The van der Waals surface area contributed by atoms with Gasteiger partial charge in [-0.15, -0.1) is 0 Å². The van der Waals surface area contributed by atoms with E-state index < -0.39 is 0 Å². The number of nitriles is 1. The molecule has 4 nitrogen and oxygen atoms in total. The summed E-state index contributed by atoms with van der Waals surface area (Å²) in [7, 11) is 0. The fraction of sp³-hybridized carbons (Fsp3) is 0.0303. The SMILES string of the molecule is [C-]#[N+]c1ccc(C#N)cc1C=Cc1ccc(N(c2ccc(CO)cc2)c2cccc3ccccc23)cc1. The number of benzene rings is 5. The molecule has 37 heavy (non-hydrogen) atoms. The van der Waals surface area contributed by atoms with Crippen LogP contribution in [0.4, 0.5) is 22.7 Å². The second kappa shape index (κ2) is 10.6. The Morgan fingerprint density at radius 3 is 2.22 bits per heavy atom. The quantitative estimate of drug-likeness (QED) is 0.197. The molecule has 0 heterocycles. The van der Waals surface area contributed by atoms with Crippen molar-refractivity contribution >= 4 is 45.7 Å². The van der Waals surface area contributed by atoms with E-state index in [1.807, 2.05) is 60.7 Å². The van der Waals surface area contributed by atoms with E-state index in [1.165, 1.54) is 0 Å². The number of aliphatic hydroxyl groups excluding tert-OH is 1. The maximum absolute atomic E-state index is 9.52. The highest BCUT2D eigenvalue weighted by atomic mass is 16.3. The molecule has 0 aliphatic carbocycles. The lowest BCUT2D eigenvalue weighted by atomic mass is 10.0. The fourth-order valence-corrected chi connectivity index (χ4v) is 4.36. The fourth-order valence-electron chi connectivity index (χ4n) is 4.36. The van der Waals surface area contributed by atoms with Crippen molar-refractivity contribution in [1.29, 1.82) is 5.26 Å². The maximum Gasteiger partial charge on any atom is 0.194 e. The Labute approximate surface area is 216 Å². The Morgan fingerprint density at radius 2 is 1.51 bits per heavy atom.